The number of nitrogens with one attached hydrogen (secondary N) is 1. The van der Waals surface area contributed by atoms with Crippen molar-refractivity contribution in [3.63, 3.8) is 0 Å². The first-order valence-corrected chi connectivity index (χ1v) is 11.0. The van der Waals surface area contributed by atoms with Gasteiger partial charge in [-0.3, -0.25) is 4.79 Å². The van der Waals surface area contributed by atoms with Crippen molar-refractivity contribution in [1.29, 1.82) is 0 Å². The summed E-state index contributed by atoms with van der Waals surface area (Å²) >= 11 is 4.72. The van der Waals surface area contributed by atoms with E-state index in [0.29, 0.717) is 28.8 Å². The molecule has 9 heteroatoms. The predicted molar refractivity (Wildman–Crippen MR) is 121 cm³/mol. The molecule has 7 nitrogen and oxygen atoms in total. The number of nitrogens with zero attached hydrogens (tertiary/aromatic N) is 4. The number of hydrogen-bond donors (Lipinski definition) is 1. The third-order valence-corrected chi connectivity index (χ3v) is 5.62. The second-order valence-corrected chi connectivity index (χ2v) is 8.10. The highest BCUT2D eigenvalue weighted by Crippen LogP contribution is 2.25. The molecule has 0 bridgehead atoms. The number of para-hydroxylation sites is 2. The van der Waals surface area contributed by atoms with Crippen LogP contribution in [0.1, 0.15) is 6.92 Å². The van der Waals surface area contributed by atoms with Crippen LogP contribution < -0.4 is 10.1 Å². The number of aromatic nitrogens is 4. The molecule has 4 aromatic rings. The van der Waals surface area contributed by atoms with E-state index in [0.717, 1.165) is 15.7 Å². The number of hydrogen-bond acceptors (Lipinski definition) is 6. The maximum Gasteiger partial charge on any atom is 0.234 e. The first-order chi connectivity index (χ1) is 14.6. The van der Waals surface area contributed by atoms with Crippen LogP contribution in [-0.2, 0) is 4.79 Å². The van der Waals surface area contributed by atoms with Gasteiger partial charge in [0.25, 0.3) is 0 Å². The van der Waals surface area contributed by atoms with Gasteiger partial charge in [-0.25, -0.2) is 0 Å². The molecular formula is C21H18BrN5O2S. The van der Waals surface area contributed by atoms with E-state index < -0.39 is 0 Å². The highest BCUT2D eigenvalue weighted by molar-refractivity contribution is 9.10. The van der Waals surface area contributed by atoms with E-state index in [2.05, 4.69) is 36.5 Å². The largest absolute Gasteiger partial charge is 0.492 e. The standard InChI is InChI=1S/C21H18BrN5O2S/c1-2-29-18-6-4-3-5-17(18)23-20(28)13-30-21-25-24-19-12-11-16(26-27(19)21)14-7-9-15(22)10-8-14/h3-12H,2,13H2,1H3,(H,23,28). The lowest BCUT2D eigenvalue weighted by molar-refractivity contribution is -0.113. The fourth-order valence-electron chi connectivity index (χ4n) is 2.80. The monoisotopic (exact) mass is 483 g/mol. The van der Waals surface area contributed by atoms with Gasteiger partial charge in [0, 0.05) is 10.0 Å². The van der Waals surface area contributed by atoms with E-state index in [1.165, 1.54) is 11.8 Å². The molecule has 0 saturated carbocycles. The summed E-state index contributed by atoms with van der Waals surface area (Å²) in [6.07, 6.45) is 0. The first-order valence-electron chi connectivity index (χ1n) is 9.27. The maximum atomic E-state index is 12.5. The Kier molecular flexibility index (Phi) is 6.29. The summed E-state index contributed by atoms with van der Waals surface area (Å²) in [5, 5.41) is 16.4. The first kappa shape index (κ1) is 20.4. The molecule has 0 atom stereocenters. The number of halogens is 1. The Bertz CT molecular complexity index is 1180. The van der Waals surface area contributed by atoms with E-state index >= 15 is 0 Å². The molecule has 1 amide bonds. The SMILES string of the molecule is CCOc1ccccc1NC(=O)CSc1nnc2ccc(-c3ccc(Br)cc3)nn12. The summed E-state index contributed by atoms with van der Waals surface area (Å²) in [6, 6.07) is 19.0. The number of thioether (sulfide) groups is 1. The minimum absolute atomic E-state index is 0.159. The maximum absolute atomic E-state index is 12.5. The minimum Gasteiger partial charge on any atom is -0.492 e. The van der Waals surface area contributed by atoms with Crippen molar-refractivity contribution in [2.75, 3.05) is 17.7 Å². The van der Waals surface area contributed by atoms with Crippen LogP contribution in [0.5, 0.6) is 5.75 Å². The van der Waals surface area contributed by atoms with Gasteiger partial charge < -0.3 is 10.1 Å². The molecule has 0 radical (unpaired) electrons. The number of amides is 1. The third-order valence-electron chi connectivity index (χ3n) is 4.17. The summed E-state index contributed by atoms with van der Waals surface area (Å²) < 4.78 is 8.21. The zero-order chi connectivity index (χ0) is 20.9. The molecule has 0 spiro atoms. The molecule has 0 aliphatic rings. The van der Waals surface area contributed by atoms with Gasteiger partial charge >= 0.3 is 0 Å². The number of ether oxygens (including phenoxy) is 1. The highest BCUT2D eigenvalue weighted by Gasteiger charge is 2.13. The van der Waals surface area contributed by atoms with Crippen LogP contribution in [0.4, 0.5) is 5.69 Å². The molecule has 2 aromatic heterocycles. The topological polar surface area (TPSA) is 81.4 Å². The van der Waals surface area contributed by atoms with Gasteiger partial charge in [0.1, 0.15) is 5.75 Å². The average molecular weight is 484 g/mol. The van der Waals surface area contributed by atoms with Crippen LogP contribution in [0.2, 0.25) is 0 Å². The summed E-state index contributed by atoms with van der Waals surface area (Å²) in [6.45, 7) is 2.43. The Morgan fingerprint density at radius 3 is 2.70 bits per heavy atom. The Morgan fingerprint density at radius 2 is 1.90 bits per heavy atom. The van der Waals surface area contributed by atoms with Crippen molar-refractivity contribution in [2.24, 2.45) is 0 Å². The normalized spacial score (nSPS) is 10.9. The van der Waals surface area contributed by atoms with Crippen molar-refractivity contribution >= 4 is 44.9 Å². The van der Waals surface area contributed by atoms with Crippen LogP contribution in [0.25, 0.3) is 16.9 Å². The van der Waals surface area contributed by atoms with Gasteiger partial charge in [0.2, 0.25) is 11.1 Å². The molecule has 0 unspecified atom stereocenters. The van der Waals surface area contributed by atoms with Crippen molar-refractivity contribution in [3.05, 3.63) is 65.1 Å². The summed E-state index contributed by atoms with van der Waals surface area (Å²) in [5.74, 6) is 0.658. The van der Waals surface area contributed by atoms with Crippen molar-refractivity contribution < 1.29 is 9.53 Å². The van der Waals surface area contributed by atoms with E-state index in [4.69, 9.17) is 4.74 Å². The summed E-state index contributed by atoms with van der Waals surface area (Å²) in [7, 11) is 0. The molecule has 0 fully saturated rings. The Balaban J connectivity index is 1.48. The number of benzene rings is 2. The molecule has 4 rings (SSSR count). The van der Waals surface area contributed by atoms with Gasteiger partial charge in [0.05, 0.1) is 23.7 Å². The lowest BCUT2D eigenvalue weighted by atomic mass is 10.1. The van der Waals surface area contributed by atoms with Crippen LogP contribution in [-0.4, -0.2) is 38.1 Å². The third kappa shape index (κ3) is 4.63. The zero-order valence-corrected chi connectivity index (χ0v) is 18.5. The number of carbonyl (C=O) groups excluding carboxylic acids is 1. The molecule has 2 aromatic carbocycles. The van der Waals surface area contributed by atoms with Crippen LogP contribution in [0, 0.1) is 0 Å². The fraction of sp³-hybridized carbons (Fsp3) is 0.143. The average Bonchev–Trinajstić information content (AvgIpc) is 3.17. The minimum atomic E-state index is -0.159. The van der Waals surface area contributed by atoms with Crippen molar-refractivity contribution in [1.82, 2.24) is 19.8 Å². The van der Waals surface area contributed by atoms with E-state index in [1.807, 2.05) is 67.6 Å². The smallest absolute Gasteiger partial charge is 0.234 e. The quantitative estimate of drug-likeness (QED) is 0.384. The summed E-state index contributed by atoms with van der Waals surface area (Å²) in [4.78, 5) is 12.5. The molecule has 0 aliphatic heterocycles. The Morgan fingerprint density at radius 1 is 1.10 bits per heavy atom. The lowest BCUT2D eigenvalue weighted by Gasteiger charge is -2.10. The number of anilines is 1. The second kappa shape index (κ2) is 9.27. The lowest BCUT2D eigenvalue weighted by Crippen LogP contribution is -2.15. The van der Waals surface area contributed by atoms with Gasteiger partial charge in [-0.1, -0.05) is 52.0 Å². The molecule has 30 heavy (non-hydrogen) atoms. The van der Waals surface area contributed by atoms with Crippen molar-refractivity contribution in [2.45, 2.75) is 12.1 Å². The second-order valence-electron chi connectivity index (χ2n) is 6.24. The van der Waals surface area contributed by atoms with Gasteiger partial charge in [0.15, 0.2) is 5.65 Å². The molecule has 0 saturated heterocycles. The van der Waals surface area contributed by atoms with Crippen LogP contribution >= 0.6 is 27.7 Å². The molecule has 0 aliphatic carbocycles. The predicted octanol–water partition coefficient (Wildman–Crippen LogP) is 4.68. The van der Waals surface area contributed by atoms with Gasteiger partial charge in [-0.05, 0) is 43.3 Å². The number of rotatable bonds is 7. The van der Waals surface area contributed by atoms with Crippen LogP contribution in [0.15, 0.2) is 70.3 Å². The molecular weight excluding hydrogens is 466 g/mol. The highest BCUT2D eigenvalue weighted by atomic mass is 79.9. The van der Waals surface area contributed by atoms with E-state index in [1.54, 1.807) is 4.52 Å². The van der Waals surface area contributed by atoms with E-state index in [-0.39, 0.29) is 11.7 Å². The fourth-order valence-corrected chi connectivity index (χ4v) is 3.75. The number of carbonyl (C=O) groups is 1. The summed E-state index contributed by atoms with van der Waals surface area (Å²) in [5.41, 5.74) is 3.05. The Hall–Kier alpha value is -2.91. The molecule has 2 heterocycles. The van der Waals surface area contributed by atoms with Gasteiger partial charge in [-0.2, -0.15) is 9.61 Å². The van der Waals surface area contributed by atoms with Crippen LogP contribution in [0.3, 0.4) is 0 Å². The van der Waals surface area contributed by atoms with Gasteiger partial charge in [-0.15, -0.1) is 10.2 Å². The molecule has 1 N–H and O–H groups in total. The molecule has 152 valence electrons. The Labute approximate surface area is 186 Å². The van der Waals surface area contributed by atoms with Crippen molar-refractivity contribution in [3.8, 4) is 17.0 Å². The van der Waals surface area contributed by atoms with E-state index in [9.17, 15) is 4.79 Å². The number of fused-ring (bicyclic) bond motifs is 1. The zero-order valence-electron chi connectivity index (χ0n) is 16.1.